The van der Waals surface area contributed by atoms with E-state index < -0.39 is 0 Å². The van der Waals surface area contributed by atoms with Crippen molar-refractivity contribution in [3.63, 3.8) is 0 Å². The Labute approximate surface area is 128 Å². The van der Waals surface area contributed by atoms with Gasteiger partial charge in [-0.15, -0.1) is 26.6 Å². The normalized spacial score (nSPS) is 16.2. The number of tetrazole rings is 1. The lowest BCUT2D eigenvalue weighted by molar-refractivity contribution is 0.508. The van der Waals surface area contributed by atoms with Gasteiger partial charge in [0.15, 0.2) is 0 Å². The van der Waals surface area contributed by atoms with Crippen LogP contribution in [0.4, 0.5) is 0 Å². The van der Waals surface area contributed by atoms with Crippen LogP contribution in [0.2, 0.25) is 0 Å². The zero-order valence-electron chi connectivity index (χ0n) is 11.2. The Kier molecular flexibility index (Phi) is 3.23. The SMILES string of the molecule is C[C@H](Sc1nnnn1C1CC1)c1nnc(-c2cccs2)o1. The van der Waals surface area contributed by atoms with Crippen molar-refractivity contribution in [2.24, 2.45) is 0 Å². The third-order valence-electron chi connectivity index (χ3n) is 3.16. The molecule has 21 heavy (non-hydrogen) atoms. The average molecular weight is 320 g/mol. The molecule has 0 radical (unpaired) electrons. The molecule has 3 aromatic rings. The fourth-order valence-corrected chi connectivity index (χ4v) is 3.45. The largest absolute Gasteiger partial charge is 0.419 e. The van der Waals surface area contributed by atoms with Crippen molar-refractivity contribution in [3.05, 3.63) is 23.4 Å². The van der Waals surface area contributed by atoms with Crippen molar-refractivity contribution in [1.82, 2.24) is 30.4 Å². The number of thiophene rings is 1. The Bertz CT molecular complexity index is 733. The second-order valence-electron chi connectivity index (χ2n) is 4.82. The Morgan fingerprint density at radius 1 is 1.38 bits per heavy atom. The molecule has 0 aliphatic heterocycles. The predicted octanol–water partition coefficient (Wildman–Crippen LogP) is 2.97. The van der Waals surface area contributed by atoms with Crippen LogP contribution in [-0.2, 0) is 0 Å². The fourth-order valence-electron chi connectivity index (χ4n) is 1.92. The fraction of sp³-hybridized carbons (Fsp3) is 0.417. The molecular formula is C12H12N6OS2. The number of hydrogen-bond donors (Lipinski definition) is 0. The van der Waals surface area contributed by atoms with Crippen molar-refractivity contribution < 1.29 is 4.42 Å². The number of rotatable bonds is 5. The lowest BCUT2D eigenvalue weighted by Gasteiger charge is -2.05. The van der Waals surface area contributed by atoms with E-state index in [4.69, 9.17) is 4.42 Å². The van der Waals surface area contributed by atoms with Crippen LogP contribution >= 0.6 is 23.1 Å². The van der Waals surface area contributed by atoms with Gasteiger partial charge in [-0.1, -0.05) is 17.8 Å². The van der Waals surface area contributed by atoms with Gasteiger partial charge in [0.25, 0.3) is 5.89 Å². The first kappa shape index (κ1) is 13.0. The van der Waals surface area contributed by atoms with Gasteiger partial charge in [0.2, 0.25) is 11.0 Å². The van der Waals surface area contributed by atoms with Crippen LogP contribution < -0.4 is 0 Å². The smallest absolute Gasteiger partial charge is 0.257 e. The third-order valence-corrected chi connectivity index (χ3v) is 5.05. The van der Waals surface area contributed by atoms with Gasteiger partial charge in [-0.3, -0.25) is 0 Å². The third kappa shape index (κ3) is 2.58. The van der Waals surface area contributed by atoms with Crippen molar-refractivity contribution in [3.8, 4) is 10.8 Å². The van der Waals surface area contributed by atoms with Crippen molar-refractivity contribution >= 4 is 23.1 Å². The molecule has 108 valence electrons. The molecule has 0 unspecified atom stereocenters. The second kappa shape index (κ2) is 5.23. The molecule has 0 bridgehead atoms. The predicted molar refractivity (Wildman–Crippen MR) is 78.0 cm³/mol. The van der Waals surface area contributed by atoms with E-state index in [1.807, 2.05) is 29.1 Å². The first-order chi connectivity index (χ1) is 10.3. The minimum Gasteiger partial charge on any atom is -0.419 e. The molecule has 0 saturated heterocycles. The van der Waals surface area contributed by atoms with E-state index in [2.05, 4.69) is 25.7 Å². The molecule has 1 fully saturated rings. The maximum atomic E-state index is 5.74. The molecule has 0 spiro atoms. The summed E-state index contributed by atoms with van der Waals surface area (Å²) < 4.78 is 7.63. The molecule has 0 N–H and O–H groups in total. The summed E-state index contributed by atoms with van der Waals surface area (Å²) in [4.78, 5) is 0.980. The van der Waals surface area contributed by atoms with Gasteiger partial charge in [0.05, 0.1) is 16.2 Å². The highest BCUT2D eigenvalue weighted by Crippen LogP contribution is 2.40. The maximum absolute atomic E-state index is 5.74. The molecule has 9 heteroatoms. The van der Waals surface area contributed by atoms with Gasteiger partial charge in [-0.25, -0.2) is 4.68 Å². The molecule has 0 aromatic carbocycles. The van der Waals surface area contributed by atoms with Crippen LogP contribution in [0.3, 0.4) is 0 Å². The molecule has 4 rings (SSSR count). The zero-order chi connectivity index (χ0) is 14.2. The number of aromatic nitrogens is 6. The highest BCUT2D eigenvalue weighted by molar-refractivity contribution is 7.99. The van der Waals surface area contributed by atoms with Gasteiger partial charge in [0.1, 0.15) is 0 Å². The molecule has 7 nitrogen and oxygen atoms in total. The minimum absolute atomic E-state index is 0.00899. The first-order valence-electron chi connectivity index (χ1n) is 6.63. The molecule has 1 atom stereocenters. The van der Waals surface area contributed by atoms with E-state index in [0.29, 0.717) is 17.8 Å². The van der Waals surface area contributed by atoms with Crippen LogP contribution in [0.15, 0.2) is 27.1 Å². The van der Waals surface area contributed by atoms with Crippen molar-refractivity contribution in [2.75, 3.05) is 0 Å². The van der Waals surface area contributed by atoms with E-state index in [0.717, 1.165) is 22.9 Å². The molecule has 1 aliphatic rings. The van der Waals surface area contributed by atoms with E-state index in [1.54, 1.807) is 23.1 Å². The van der Waals surface area contributed by atoms with Crippen LogP contribution in [0.1, 0.15) is 36.9 Å². The summed E-state index contributed by atoms with van der Waals surface area (Å²) in [6.07, 6.45) is 2.30. The van der Waals surface area contributed by atoms with Crippen LogP contribution in [0, 0.1) is 0 Å². The van der Waals surface area contributed by atoms with Crippen LogP contribution in [-0.4, -0.2) is 30.4 Å². The topological polar surface area (TPSA) is 82.5 Å². The van der Waals surface area contributed by atoms with Gasteiger partial charge >= 0.3 is 0 Å². The van der Waals surface area contributed by atoms with E-state index >= 15 is 0 Å². The monoisotopic (exact) mass is 320 g/mol. The molecular weight excluding hydrogens is 308 g/mol. The summed E-state index contributed by atoms with van der Waals surface area (Å²) in [5, 5.41) is 22.9. The molecule has 1 aliphatic carbocycles. The van der Waals surface area contributed by atoms with E-state index in [-0.39, 0.29) is 5.25 Å². The van der Waals surface area contributed by atoms with E-state index in [9.17, 15) is 0 Å². The highest BCUT2D eigenvalue weighted by Gasteiger charge is 2.29. The molecule has 3 heterocycles. The Hall–Kier alpha value is -1.74. The molecule has 1 saturated carbocycles. The highest BCUT2D eigenvalue weighted by atomic mass is 32.2. The van der Waals surface area contributed by atoms with Crippen LogP contribution in [0.25, 0.3) is 10.8 Å². The quantitative estimate of drug-likeness (QED) is 0.668. The number of nitrogens with zero attached hydrogens (tertiary/aromatic N) is 6. The minimum atomic E-state index is 0.00899. The first-order valence-corrected chi connectivity index (χ1v) is 8.39. The van der Waals surface area contributed by atoms with Gasteiger partial charge < -0.3 is 4.42 Å². The lowest BCUT2D eigenvalue weighted by atomic mass is 10.5. The Morgan fingerprint density at radius 2 is 2.29 bits per heavy atom. The Morgan fingerprint density at radius 3 is 3.05 bits per heavy atom. The van der Waals surface area contributed by atoms with Gasteiger partial charge in [0, 0.05) is 0 Å². The second-order valence-corrected chi connectivity index (χ2v) is 7.08. The average Bonchev–Trinajstić information content (AvgIpc) is 2.94. The summed E-state index contributed by atoms with van der Waals surface area (Å²) in [6.45, 7) is 2.02. The summed E-state index contributed by atoms with van der Waals surface area (Å²) in [7, 11) is 0. The summed E-state index contributed by atoms with van der Waals surface area (Å²) >= 11 is 3.12. The number of thioether (sulfide) groups is 1. The maximum Gasteiger partial charge on any atom is 0.257 e. The molecule has 0 amide bonds. The lowest BCUT2D eigenvalue weighted by Crippen LogP contribution is -2.00. The van der Waals surface area contributed by atoms with Crippen molar-refractivity contribution in [1.29, 1.82) is 0 Å². The summed E-state index contributed by atoms with van der Waals surface area (Å²) in [5.41, 5.74) is 0. The van der Waals surface area contributed by atoms with Crippen LogP contribution in [0.5, 0.6) is 0 Å². The molecule has 3 aromatic heterocycles. The number of hydrogen-bond acceptors (Lipinski definition) is 8. The standard InChI is InChI=1S/C12H12N6OS2/c1-7(21-12-15-16-17-18(12)8-4-5-8)10-13-14-11(19-10)9-3-2-6-20-9/h2-3,6-8H,4-5H2,1H3/t7-/m0/s1. The van der Waals surface area contributed by atoms with Gasteiger partial charge in [-0.05, 0) is 41.6 Å². The summed E-state index contributed by atoms with van der Waals surface area (Å²) in [6, 6.07) is 4.39. The van der Waals surface area contributed by atoms with Gasteiger partial charge in [-0.2, -0.15) is 0 Å². The van der Waals surface area contributed by atoms with Crippen molar-refractivity contribution in [2.45, 2.75) is 36.2 Å². The van der Waals surface area contributed by atoms with E-state index in [1.165, 1.54) is 0 Å². The summed E-state index contributed by atoms with van der Waals surface area (Å²) in [5.74, 6) is 1.16. The Balaban J connectivity index is 1.52. The zero-order valence-corrected chi connectivity index (χ0v) is 12.8.